The first-order chi connectivity index (χ1) is 6.31. The van der Waals surface area contributed by atoms with E-state index in [1.807, 2.05) is 25.2 Å². The molecular formula is C8H6N4S. The molecule has 0 saturated heterocycles. The molecule has 0 aliphatic carbocycles. The van der Waals surface area contributed by atoms with Crippen molar-refractivity contribution in [2.75, 3.05) is 0 Å². The van der Waals surface area contributed by atoms with E-state index in [1.165, 1.54) is 0 Å². The fourth-order valence-corrected chi connectivity index (χ4v) is 1.25. The smallest absolute Gasteiger partial charge is 0.113 e. The lowest BCUT2D eigenvalue weighted by Gasteiger charge is -1.92. The lowest BCUT2D eigenvalue weighted by Crippen LogP contribution is -1.88. The van der Waals surface area contributed by atoms with Gasteiger partial charge in [-0.15, -0.1) is 5.10 Å². The van der Waals surface area contributed by atoms with Gasteiger partial charge in [0.1, 0.15) is 5.52 Å². The Morgan fingerprint density at radius 2 is 2.38 bits per heavy atom. The van der Waals surface area contributed by atoms with E-state index in [1.54, 1.807) is 4.68 Å². The van der Waals surface area contributed by atoms with E-state index in [0.717, 1.165) is 16.7 Å². The van der Waals surface area contributed by atoms with E-state index in [9.17, 15) is 0 Å². The number of nitrogens with zero attached hydrogens (tertiary/aromatic N) is 4. The Hall–Kier alpha value is -1.58. The van der Waals surface area contributed by atoms with E-state index < -0.39 is 0 Å². The molecule has 1 aromatic heterocycles. The van der Waals surface area contributed by atoms with Crippen molar-refractivity contribution in [1.29, 1.82) is 0 Å². The second-order valence-electron chi connectivity index (χ2n) is 2.59. The van der Waals surface area contributed by atoms with E-state index >= 15 is 0 Å². The monoisotopic (exact) mass is 190 g/mol. The zero-order valence-corrected chi connectivity index (χ0v) is 7.75. The van der Waals surface area contributed by atoms with Gasteiger partial charge >= 0.3 is 0 Å². The van der Waals surface area contributed by atoms with Gasteiger partial charge in [0.2, 0.25) is 0 Å². The Bertz CT molecular complexity index is 496. The van der Waals surface area contributed by atoms with E-state index in [2.05, 4.69) is 32.7 Å². The van der Waals surface area contributed by atoms with Crippen LogP contribution in [0.3, 0.4) is 0 Å². The maximum absolute atomic E-state index is 4.51. The van der Waals surface area contributed by atoms with Crippen molar-refractivity contribution in [3.05, 3.63) is 18.2 Å². The Morgan fingerprint density at radius 3 is 3.15 bits per heavy atom. The lowest BCUT2D eigenvalue weighted by molar-refractivity contribution is 0.736. The van der Waals surface area contributed by atoms with Gasteiger partial charge in [0.25, 0.3) is 0 Å². The predicted octanol–water partition coefficient (Wildman–Crippen LogP) is 1.70. The van der Waals surface area contributed by atoms with Gasteiger partial charge in [-0.05, 0) is 30.4 Å². The fourth-order valence-electron chi connectivity index (χ4n) is 1.14. The first-order valence-corrected chi connectivity index (χ1v) is 4.09. The number of rotatable bonds is 1. The topological polar surface area (TPSA) is 43.1 Å². The number of aryl methyl sites for hydroxylation is 1. The van der Waals surface area contributed by atoms with Crippen LogP contribution in [-0.2, 0) is 7.05 Å². The fraction of sp³-hybridized carbons (Fsp3) is 0.125. The molecule has 0 radical (unpaired) electrons. The second-order valence-corrected chi connectivity index (χ2v) is 2.77. The van der Waals surface area contributed by atoms with E-state index in [-0.39, 0.29) is 0 Å². The molecule has 0 N–H and O–H groups in total. The largest absolute Gasteiger partial charge is 0.248 e. The average Bonchev–Trinajstić information content (AvgIpc) is 2.49. The highest BCUT2D eigenvalue weighted by Gasteiger charge is 2.00. The van der Waals surface area contributed by atoms with Crippen molar-refractivity contribution < 1.29 is 0 Å². The summed E-state index contributed by atoms with van der Waals surface area (Å²) in [6.07, 6.45) is 0. The van der Waals surface area contributed by atoms with Crippen LogP contribution < -0.4 is 0 Å². The van der Waals surface area contributed by atoms with Crippen LogP contribution in [0.2, 0.25) is 0 Å². The first kappa shape index (κ1) is 8.04. The van der Waals surface area contributed by atoms with Crippen molar-refractivity contribution in [3.63, 3.8) is 0 Å². The molecule has 64 valence electrons. The minimum atomic E-state index is 0.771. The average molecular weight is 190 g/mol. The van der Waals surface area contributed by atoms with Gasteiger partial charge in [-0.3, -0.25) is 0 Å². The highest BCUT2D eigenvalue weighted by molar-refractivity contribution is 7.78. The molecule has 0 bridgehead atoms. The van der Waals surface area contributed by atoms with Crippen molar-refractivity contribution in [3.8, 4) is 0 Å². The van der Waals surface area contributed by atoms with Crippen LogP contribution in [0.15, 0.2) is 23.2 Å². The van der Waals surface area contributed by atoms with Gasteiger partial charge < -0.3 is 0 Å². The SMILES string of the molecule is Cn1nnc2ccc(N=C=S)cc21. The van der Waals surface area contributed by atoms with Crippen molar-refractivity contribution in [2.45, 2.75) is 0 Å². The van der Waals surface area contributed by atoms with Gasteiger partial charge in [0.05, 0.1) is 16.4 Å². The minimum Gasteiger partial charge on any atom is -0.248 e. The number of fused-ring (bicyclic) bond motifs is 1. The number of hydrogen-bond acceptors (Lipinski definition) is 4. The quantitative estimate of drug-likeness (QED) is 0.507. The molecule has 0 unspecified atom stereocenters. The number of hydrogen-bond donors (Lipinski definition) is 0. The Morgan fingerprint density at radius 1 is 1.54 bits per heavy atom. The third kappa shape index (κ3) is 1.35. The highest BCUT2D eigenvalue weighted by atomic mass is 32.1. The molecule has 0 spiro atoms. The summed E-state index contributed by atoms with van der Waals surface area (Å²) in [7, 11) is 1.83. The summed E-state index contributed by atoms with van der Waals surface area (Å²) in [5.41, 5.74) is 2.56. The van der Waals surface area contributed by atoms with Crippen LogP contribution in [-0.4, -0.2) is 20.2 Å². The van der Waals surface area contributed by atoms with E-state index in [4.69, 9.17) is 0 Å². The molecular weight excluding hydrogens is 184 g/mol. The molecule has 1 heterocycles. The van der Waals surface area contributed by atoms with Crippen LogP contribution in [0.1, 0.15) is 0 Å². The molecule has 2 aromatic rings. The second kappa shape index (κ2) is 3.05. The predicted molar refractivity (Wildman–Crippen MR) is 53.2 cm³/mol. The molecule has 0 aliphatic rings. The first-order valence-electron chi connectivity index (χ1n) is 3.68. The molecule has 0 saturated carbocycles. The number of benzene rings is 1. The summed E-state index contributed by atoms with van der Waals surface area (Å²) >= 11 is 4.51. The number of aliphatic imine (C=N–C) groups is 1. The van der Waals surface area contributed by atoms with Crippen molar-refractivity contribution in [1.82, 2.24) is 15.0 Å². The molecule has 1 aromatic carbocycles. The van der Waals surface area contributed by atoms with Crippen molar-refractivity contribution in [2.24, 2.45) is 12.0 Å². The molecule has 4 nitrogen and oxygen atoms in total. The molecule has 0 aliphatic heterocycles. The number of thiocarbonyl (C=S) groups is 1. The summed E-state index contributed by atoms with van der Waals surface area (Å²) in [6, 6.07) is 5.55. The van der Waals surface area contributed by atoms with E-state index in [0.29, 0.717) is 0 Å². The van der Waals surface area contributed by atoms with Crippen LogP contribution in [0.25, 0.3) is 11.0 Å². The number of isothiocyanates is 1. The number of aromatic nitrogens is 3. The zero-order valence-electron chi connectivity index (χ0n) is 6.93. The standard InChI is InChI=1S/C8H6N4S/c1-12-8-4-6(9-5-13)2-3-7(8)10-11-12/h2-4H,1H3. The molecule has 2 rings (SSSR count). The van der Waals surface area contributed by atoms with Gasteiger partial charge in [-0.2, -0.15) is 4.99 Å². The summed E-state index contributed by atoms with van der Waals surface area (Å²) in [5, 5.41) is 10.1. The highest BCUT2D eigenvalue weighted by Crippen LogP contribution is 2.18. The van der Waals surface area contributed by atoms with Crippen LogP contribution >= 0.6 is 12.2 Å². The zero-order chi connectivity index (χ0) is 9.26. The maximum atomic E-state index is 4.51. The summed E-state index contributed by atoms with van der Waals surface area (Å²) in [4.78, 5) is 3.87. The maximum Gasteiger partial charge on any atom is 0.113 e. The van der Waals surface area contributed by atoms with Gasteiger partial charge in [0, 0.05) is 7.05 Å². The van der Waals surface area contributed by atoms with Gasteiger partial charge in [-0.1, -0.05) is 5.21 Å². The molecule has 0 atom stereocenters. The summed E-state index contributed by atoms with van der Waals surface area (Å²) in [6.45, 7) is 0. The van der Waals surface area contributed by atoms with Crippen molar-refractivity contribution >= 4 is 34.1 Å². The Kier molecular flexibility index (Phi) is 1.88. The third-order valence-electron chi connectivity index (χ3n) is 1.77. The van der Waals surface area contributed by atoms with Gasteiger partial charge in [0.15, 0.2) is 0 Å². The van der Waals surface area contributed by atoms with Crippen LogP contribution in [0.4, 0.5) is 5.69 Å². The molecule has 0 fully saturated rings. The van der Waals surface area contributed by atoms with Crippen LogP contribution in [0, 0.1) is 0 Å². The Labute approximate surface area is 79.9 Å². The third-order valence-corrected chi connectivity index (χ3v) is 1.86. The molecule has 0 amide bonds. The molecule has 13 heavy (non-hydrogen) atoms. The normalized spacial score (nSPS) is 9.92. The molecule has 5 heteroatoms. The minimum absolute atomic E-state index is 0.771. The lowest BCUT2D eigenvalue weighted by atomic mass is 10.3. The van der Waals surface area contributed by atoms with Gasteiger partial charge in [-0.25, -0.2) is 4.68 Å². The summed E-state index contributed by atoms with van der Waals surface area (Å²) in [5.74, 6) is 0. The van der Waals surface area contributed by atoms with Crippen LogP contribution in [0.5, 0.6) is 0 Å². The Balaban J connectivity index is 2.72. The summed E-state index contributed by atoms with van der Waals surface area (Å²) < 4.78 is 1.69.